The number of ether oxygens (including phenoxy) is 1. The number of amides is 1. The van der Waals surface area contributed by atoms with Crippen LogP contribution in [0.2, 0.25) is 0 Å². The maximum Gasteiger partial charge on any atom is 0.261 e. The Kier molecular flexibility index (Phi) is 5.24. The van der Waals surface area contributed by atoms with Crippen molar-refractivity contribution in [2.75, 3.05) is 0 Å². The SMILES string of the molecule is CC(C)[C@@H](NS(=O)(=O)c1ccc2c(c1)Sc1ccccc1O2)C(=O)NO. The van der Waals surface area contributed by atoms with Gasteiger partial charge in [0.25, 0.3) is 5.91 Å². The molecule has 0 spiro atoms. The Balaban J connectivity index is 1.89. The molecule has 1 heterocycles. The van der Waals surface area contributed by atoms with Crippen molar-refractivity contribution in [1.82, 2.24) is 10.2 Å². The summed E-state index contributed by atoms with van der Waals surface area (Å²) in [5.74, 6) is 0.131. The zero-order valence-corrected chi connectivity index (χ0v) is 15.7. The molecule has 3 rings (SSSR count). The average Bonchev–Trinajstić information content (AvgIpc) is 2.63. The average molecular weight is 394 g/mol. The van der Waals surface area contributed by atoms with Gasteiger partial charge in [0.2, 0.25) is 10.0 Å². The van der Waals surface area contributed by atoms with Crippen LogP contribution in [0.15, 0.2) is 57.2 Å². The molecule has 0 saturated carbocycles. The van der Waals surface area contributed by atoms with E-state index in [1.165, 1.54) is 29.4 Å². The normalized spacial score (nSPS) is 14.2. The molecule has 2 aromatic rings. The third kappa shape index (κ3) is 3.70. The first kappa shape index (κ1) is 18.7. The molecule has 0 unspecified atom stereocenters. The fourth-order valence-corrected chi connectivity index (χ4v) is 4.91. The van der Waals surface area contributed by atoms with Crippen LogP contribution in [0.3, 0.4) is 0 Å². The molecule has 3 N–H and O–H groups in total. The highest BCUT2D eigenvalue weighted by atomic mass is 32.2. The highest BCUT2D eigenvalue weighted by Crippen LogP contribution is 2.47. The molecule has 0 saturated heterocycles. The van der Waals surface area contributed by atoms with Crippen LogP contribution in [0.5, 0.6) is 11.5 Å². The van der Waals surface area contributed by atoms with E-state index in [2.05, 4.69) is 4.72 Å². The third-order valence-electron chi connectivity index (χ3n) is 3.86. The van der Waals surface area contributed by atoms with Gasteiger partial charge in [-0.2, -0.15) is 4.72 Å². The lowest BCUT2D eigenvalue weighted by Crippen LogP contribution is -2.48. The summed E-state index contributed by atoms with van der Waals surface area (Å²) in [5, 5.41) is 8.82. The second-order valence-electron chi connectivity index (χ2n) is 6.08. The minimum absolute atomic E-state index is 0.0168. The van der Waals surface area contributed by atoms with Gasteiger partial charge in [-0.25, -0.2) is 13.9 Å². The first-order valence-electron chi connectivity index (χ1n) is 7.87. The van der Waals surface area contributed by atoms with Gasteiger partial charge in [-0.3, -0.25) is 10.0 Å². The van der Waals surface area contributed by atoms with E-state index >= 15 is 0 Å². The smallest absolute Gasteiger partial charge is 0.261 e. The number of carbonyl (C=O) groups excluding carboxylic acids is 1. The predicted octanol–water partition coefficient (Wildman–Crippen LogP) is 2.75. The van der Waals surface area contributed by atoms with E-state index in [9.17, 15) is 13.2 Å². The summed E-state index contributed by atoms with van der Waals surface area (Å²) in [5.41, 5.74) is 1.49. The van der Waals surface area contributed by atoms with E-state index in [-0.39, 0.29) is 10.8 Å². The lowest BCUT2D eigenvalue weighted by molar-refractivity contribution is -0.131. The maximum absolute atomic E-state index is 12.7. The quantitative estimate of drug-likeness (QED) is 0.454. The zero-order chi connectivity index (χ0) is 18.9. The molecule has 0 aromatic heterocycles. The molecular weight excluding hydrogens is 376 g/mol. The molecular formula is C17H18N2O5S2. The van der Waals surface area contributed by atoms with E-state index in [0.29, 0.717) is 10.6 Å². The van der Waals surface area contributed by atoms with E-state index in [4.69, 9.17) is 9.94 Å². The molecule has 138 valence electrons. The van der Waals surface area contributed by atoms with Crippen molar-refractivity contribution in [2.45, 2.75) is 34.6 Å². The van der Waals surface area contributed by atoms with Crippen LogP contribution in [0.25, 0.3) is 0 Å². The predicted molar refractivity (Wildman–Crippen MR) is 96.0 cm³/mol. The summed E-state index contributed by atoms with van der Waals surface area (Å²) in [6.45, 7) is 3.35. The van der Waals surface area contributed by atoms with Gasteiger partial charge in [-0.1, -0.05) is 37.7 Å². The molecule has 2 aromatic carbocycles. The van der Waals surface area contributed by atoms with Crippen LogP contribution >= 0.6 is 11.8 Å². The largest absolute Gasteiger partial charge is 0.455 e. The molecule has 0 aliphatic carbocycles. The van der Waals surface area contributed by atoms with Crippen LogP contribution < -0.4 is 14.9 Å². The molecule has 26 heavy (non-hydrogen) atoms. The number of hydrogen-bond donors (Lipinski definition) is 3. The number of hydroxylamine groups is 1. The van der Waals surface area contributed by atoms with Crippen molar-refractivity contribution >= 4 is 27.7 Å². The lowest BCUT2D eigenvalue weighted by atomic mass is 10.1. The van der Waals surface area contributed by atoms with Crippen LogP contribution in [0.4, 0.5) is 0 Å². The maximum atomic E-state index is 12.7. The van der Waals surface area contributed by atoms with Crippen molar-refractivity contribution in [3.8, 4) is 11.5 Å². The number of rotatable bonds is 5. The fraction of sp³-hybridized carbons (Fsp3) is 0.235. The van der Waals surface area contributed by atoms with Crippen molar-refractivity contribution in [1.29, 1.82) is 0 Å². The summed E-state index contributed by atoms with van der Waals surface area (Å²) in [4.78, 5) is 13.3. The van der Waals surface area contributed by atoms with Gasteiger partial charge in [-0.15, -0.1) is 0 Å². The summed E-state index contributed by atoms with van der Waals surface area (Å²) >= 11 is 1.41. The Morgan fingerprint density at radius 1 is 1.12 bits per heavy atom. The third-order valence-corrected chi connectivity index (χ3v) is 6.39. The first-order valence-corrected chi connectivity index (χ1v) is 10.2. The molecule has 7 nitrogen and oxygen atoms in total. The van der Waals surface area contributed by atoms with Crippen LogP contribution in [-0.4, -0.2) is 25.6 Å². The topological polar surface area (TPSA) is 105 Å². The highest BCUT2D eigenvalue weighted by molar-refractivity contribution is 7.99. The monoisotopic (exact) mass is 394 g/mol. The van der Waals surface area contributed by atoms with Crippen molar-refractivity contribution in [3.05, 3.63) is 42.5 Å². The summed E-state index contributed by atoms with van der Waals surface area (Å²) in [6.07, 6.45) is 0. The van der Waals surface area contributed by atoms with Gasteiger partial charge in [0.15, 0.2) is 0 Å². The molecule has 1 atom stereocenters. The number of benzene rings is 2. The number of carbonyl (C=O) groups is 1. The molecule has 1 amide bonds. The zero-order valence-electron chi connectivity index (χ0n) is 14.1. The molecule has 1 aliphatic heterocycles. The van der Waals surface area contributed by atoms with Crippen molar-refractivity contribution < 1.29 is 23.2 Å². The van der Waals surface area contributed by atoms with Crippen LogP contribution in [0.1, 0.15) is 13.8 Å². The number of hydrogen-bond acceptors (Lipinski definition) is 6. The number of sulfonamides is 1. The van der Waals surface area contributed by atoms with Gasteiger partial charge in [0.1, 0.15) is 17.5 Å². The second kappa shape index (κ2) is 7.28. The van der Waals surface area contributed by atoms with Crippen LogP contribution in [-0.2, 0) is 14.8 Å². The molecule has 0 bridgehead atoms. The summed E-state index contributed by atoms with van der Waals surface area (Å²) in [6, 6.07) is 10.9. The van der Waals surface area contributed by atoms with Gasteiger partial charge >= 0.3 is 0 Å². The fourth-order valence-electron chi connectivity index (χ4n) is 2.47. The first-order chi connectivity index (χ1) is 12.3. The Morgan fingerprint density at radius 2 is 1.81 bits per heavy atom. The van der Waals surface area contributed by atoms with Gasteiger partial charge in [0, 0.05) is 0 Å². The van der Waals surface area contributed by atoms with Crippen molar-refractivity contribution in [2.24, 2.45) is 5.92 Å². The van der Waals surface area contributed by atoms with Crippen molar-refractivity contribution in [3.63, 3.8) is 0 Å². The van der Waals surface area contributed by atoms with E-state index in [0.717, 1.165) is 10.6 Å². The van der Waals surface area contributed by atoms with Gasteiger partial charge in [-0.05, 0) is 36.2 Å². The highest BCUT2D eigenvalue weighted by Gasteiger charge is 2.29. The van der Waals surface area contributed by atoms with Gasteiger partial charge in [0.05, 0.1) is 14.7 Å². The molecule has 9 heteroatoms. The standard InChI is InChI=1S/C17H18N2O5S2/c1-10(2)16(17(20)18-21)19-26(22,23)11-7-8-13-15(9-11)25-14-6-4-3-5-12(14)24-13/h3-10,16,19,21H,1-2H3,(H,18,20)/t16-/m1/s1. The number of fused-ring (bicyclic) bond motifs is 2. The Bertz CT molecular complexity index is 944. The molecule has 1 aliphatic rings. The number of nitrogens with one attached hydrogen (secondary N) is 2. The van der Waals surface area contributed by atoms with Gasteiger partial charge < -0.3 is 4.74 Å². The second-order valence-corrected chi connectivity index (χ2v) is 8.88. The molecule has 0 fully saturated rings. The Hall–Kier alpha value is -2.07. The summed E-state index contributed by atoms with van der Waals surface area (Å²) < 4.78 is 33.5. The minimum atomic E-state index is -3.96. The minimum Gasteiger partial charge on any atom is -0.455 e. The Labute approximate surface area is 155 Å². The van der Waals surface area contributed by atoms with E-state index in [1.807, 2.05) is 24.3 Å². The molecule has 0 radical (unpaired) electrons. The van der Waals surface area contributed by atoms with E-state index < -0.39 is 22.0 Å². The Morgan fingerprint density at radius 3 is 2.50 bits per heavy atom. The number of para-hydroxylation sites is 1. The lowest BCUT2D eigenvalue weighted by Gasteiger charge is -2.22. The van der Waals surface area contributed by atoms with E-state index in [1.54, 1.807) is 19.9 Å². The van der Waals surface area contributed by atoms with Crippen LogP contribution in [0, 0.1) is 5.92 Å². The summed E-state index contributed by atoms with van der Waals surface area (Å²) in [7, 11) is -3.96.